The highest BCUT2D eigenvalue weighted by Crippen LogP contribution is 2.30. The maximum Gasteiger partial charge on any atom is 0.247 e. The highest BCUT2D eigenvalue weighted by molar-refractivity contribution is 7.99. The van der Waals surface area contributed by atoms with Crippen LogP contribution in [0.1, 0.15) is 26.2 Å². The molecule has 1 fully saturated rings. The fourth-order valence-electron chi connectivity index (χ4n) is 2.95. The maximum absolute atomic E-state index is 13.4. The second-order valence-corrected chi connectivity index (χ2v) is 7.22. The molecule has 0 spiro atoms. The Bertz CT molecular complexity index is 557. The van der Waals surface area contributed by atoms with E-state index in [-0.39, 0.29) is 35.7 Å². The normalized spacial score (nSPS) is 16.4. The van der Waals surface area contributed by atoms with Gasteiger partial charge in [0.15, 0.2) is 0 Å². The largest absolute Gasteiger partial charge is 0.325 e. The standard InChI is InChI=1S/C17H23F3N2OS.ClH/c1-11(12-4-6-21-7-5-12)8-17(23)22-14-9-13(18)2-3-15(14)24-10-16(19)20;/h2-3,9,11-12,16,21H,4-8,10H2,1H3,(H,22,23);1H. The molecule has 0 saturated carbocycles. The summed E-state index contributed by atoms with van der Waals surface area (Å²) in [7, 11) is 0. The number of halogens is 4. The molecule has 1 amide bonds. The van der Waals surface area contributed by atoms with E-state index in [1.807, 2.05) is 6.92 Å². The summed E-state index contributed by atoms with van der Waals surface area (Å²) in [5, 5.41) is 5.98. The molecule has 8 heteroatoms. The average molecular weight is 397 g/mol. The van der Waals surface area contributed by atoms with Crippen molar-refractivity contribution < 1.29 is 18.0 Å². The zero-order chi connectivity index (χ0) is 17.5. The third-order valence-corrected chi connectivity index (χ3v) is 5.36. The quantitative estimate of drug-likeness (QED) is 0.663. The van der Waals surface area contributed by atoms with Crippen LogP contribution < -0.4 is 10.6 Å². The van der Waals surface area contributed by atoms with Gasteiger partial charge in [-0.15, -0.1) is 24.2 Å². The van der Waals surface area contributed by atoms with Crippen molar-refractivity contribution in [3.05, 3.63) is 24.0 Å². The summed E-state index contributed by atoms with van der Waals surface area (Å²) < 4.78 is 38.2. The lowest BCUT2D eigenvalue weighted by Crippen LogP contribution is -2.32. The number of hydrogen-bond donors (Lipinski definition) is 2. The van der Waals surface area contributed by atoms with Crippen molar-refractivity contribution >= 4 is 35.8 Å². The number of carbonyl (C=O) groups excluding carboxylic acids is 1. The van der Waals surface area contributed by atoms with E-state index >= 15 is 0 Å². The number of benzene rings is 1. The fourth-order valence-corrected chi connectivity index (χ4v) is 3.69. The second kappa shape index (κ2) is 10.9. The number of alkyl halides is 2. The van der Waals surface area contributed by atoms with Crippen LogP contribution in [0.15, 0.2) is 23.1 Å². The Kier molecular flexibility index (Phi) is 9.67. The monoisotopic (exact) mass is 396 g/mol. The smallest absolute Gasteiger partial charge is 0.247 e. The van der Waals surface area contributed by atoms with E-state index in [9.17, 15) is 18.0 Å². The van der Waals surface area contributed by atoms with Crippen LogP contribution >= 0.6 is 24.2 Å². The Balaban J connectivity index is 0.00000312. The first-order valence-electron chi connectivity index (χ1n) is 8.16. The topological polar surface area (TPSA) is 41.1 Å². The van der Waals surface area contributed by atoms with E-state index in [0.717, 1.165) is 37.7 Å². The number of piperidine rings is 1. The summed E-state index contributed by atoms with van der Waals surface area (Å²) in [6, 6.07) is 3.82. The van der Waals surface area contributed by atoms with Crippen molar-refractivity contribution in [3.8, 4) is 0 Å². The van der Waals surface area contributed by atoms with Gasteiger partial charge in [-0.1, -0.05) is 6.92 Å². The van der Waals surface area contributed by atoms with Crippen LogP contribution in [-0.2, 0) is 4.79 Å². The van der Waals surface area contributed by atoms with Gasteiger partial charge in [0, 0.05) is 11.3 Å². The predicted molar refractivity (Wildman–Crippen MR) is 98.4 cm³/mol. The zero-order valence-corrected chi connectivity index (χ0v) is 15.7. The lowest BCUT2D eigenvalue weighted by Gasteiger charge is -2.28. The zero-order valence-electron chi connectivity index (χ0n) is 14.1. The number of anilines is 1. The van der Waals surface area contributed by atoms with Gasteiger partial charge < -0.3 is 10.6 Å². The average Bonchev–Trinajstić information content (AvgIpc) is 2.54. The minimum Gasteiger partial charge on any atom is -0.325 e. The molecule has 1 aliphatic rings. The SMILES string of the molecule is CC(CC(=O)Nc1cc(F)ccc1SCC(F)F)C1CCNCC1.Cl. The van der Waals surface area contributed by atoms with Crippen molar-refractivity contribution in [2.75, 3.05) is 24.2 Å². The molecule has 1 aliphatic heterocycles. The van der Waals surface area contributed by atoms with Gasteiger partial charge in [-0.05, 0) is 56.0 Å². The molecule has 1 aromatic carbocycles. The molecular formula is C17H24ClF3N2OS. The summed E-state index contributed by atoms with van der Waals surface area (Å²) in [6.45, 7) is 3.98. The molecule has 2 rings (SSSR count). The minimum atomic E-state index is -2.46. The van der Waals surface area contributed by atoms with Gasteiger partial charge in [-0.3, -0.25) is 4.79 Å². The molecule has 142 valence electrons. The Morgan fingerprint density at radius 2 is 2.04 bits per heavy atom. The molecule has 1 unspecified atom stereocenters. The van der Waals surface area contributed by atoms with Gasteiger partial charge >= 0.3 is 0 Å². The highest BCUT2D eigenvalue weighted by Gasteiger charge is 2.22. The van der Waals surface area contributed by atoms with E-state index in [0.29, 0.717) is 17.2 Å². The molecule has 0 bridgehead atoms. The van der Waals surface area contributed by atoms with Crippen molar-refractivity contribution in [3.63, 3.8) is 0 Å². The number of amides is 1. The molecule has 25 heavy (non-hydrogen) atoms. The number of hydrogen-bond acceptors (Lipinski definition) is 3. The van der Waals surface area contributed by atoms with Gasteiger partial charge in [-0.25, -0.2) is 13.2 Å². The van der Waals surface area contributed by atoms with Gasteiger partial charge in [-0.2, -0.15) is 0 Å². The van der Waals surface area contributed by atoms with E-state index in [2.05, 4.69) is 10.6 Å². The number of nitrogens with one attached hydrogen (secondary N) is 2. The summed E-state index contributed by atoms with van der Waals surface area (Å²) >= 11 is 0.913. The molecule has 3 nitrogen and oxygen atoms in total. The third kappa shape index (κ3) is 7.46. The van der Waals surface area contributed by atoms with Gasteiger partial charge in [0.25, 0.3) is 0 Å². The molecule has 2 N–H and O–H groups in total. The Morgan fingerprint density at radius 3 is 2.68 bits per heavy atom. The first kappa shape index (κ1) is 22.1. The van der Waals surface area contributed by atoms with Gasteiger partial charge in [0.05, 0.1) is 11.4 Å². The van der Waals surface area contributed by atoms with Gasteiger partial charge in [0.2, 0.25) is 12.3 Å². The minimum absolute atomic E-state index is 0. The molecule has 0 radical (unpaired) electrons. The van der Waals surface area contributed by atoms with Crippen LogP contribution in [0, 0.1) is 17.7 Å². The fraction of sp³-hybridized carbons (Fsp3) is 0.588. The van der Waals surface area contributed by atoms with Gasteiger partial charge in [0.1, 0.15) is 5.82 Å². The summed E-state index contributed by atoms with van der Waals surface area (Å²) in [6.07, 6.45) is -0.0166. The Morgan fingerprint density at radius 1 is 1.36 bits per heavy atom. The predicted octanol–water partition coefficient (Wildman–Crippen LogP) is 4.57. The third-order valence-electron chi connectivity index (χ3n) is 4.28. The van der Waals surface area contributed by atoms with E-state index in [1.165, 1.54) is 18.2 Å². The summed E-state index contributed by atoms with van der Waals surface area (Å²) in [4.78, 5) is 12.7. The van der Waals surface area contributed by atoms with E-state index in [4.69, 9.17) is 0 Å². The number of thioether (sulfide) groups is 1. The van der Waals surface area contributed by atoms with Crippen LogP contribution in [0.2, 0.25) is 0 Å². The van der Waals surface area contributed by atoms with Crippen molar-refractivity contribution in [2.45, 2.75) is 37.5 Å². The van der Waals surface area contributed by atoms with E-state index in [1.54, 1.807) is 0 Å². The van der Waals surface area contributed by atoms with E-state index < -0.39 is 12.2 Å². The first-order chi connectivity index (χ1) is 11.5. The molecule has 1 heterocycles. The first-order valence-corrected chi connectivity index (χ1v) is 9.15. The van der Waals surface area contributed by atoms with Crippen molar-refractivity contribution in [1.82, 2.24) is 5.32 Å². The van der Waals surface area contributed by atoms with Crippen LogP contribution in [0.3, 0.4) is 0 Å². The Labute approximate surface area is 156 Å². The second-order valence-electron chi connectivity index (χ2n) is 6.16. The Hall–Kier alpha value is -0.920. The molecule has 1 atom stereocenters. The highest BCUT2D eigenvalue weighted by atomic mass is 35.5. The number of rotatable bonds is 7. The lowest BCUT2D eigenvalue weighted by molar-refractivity contribution is -0.117. The maximum atomic E-state index is 13.4. The lowest BCUT2D eigenvalue weighted by atomic mass is 9.84. The molecule has 1 saturated heterocycles. The van der Waals surface area contributed by atoms with Crippen molar-refractivity contribution in [2.24, 2.45) is 11.8 Å². The molecule has 1 aromatic rings. The van der Waals surface area contributed by atoms with Crippen LogP contribution in [-0.4, -0.2) is 31.2 Å². The van der Waals surface area contributed by atoms with Crippen LogP contribution in [0.4, 0.5) is 18.9 Å². The molecule has 0 aromatic heterocycles. The van der Waals surface area contributed by atoms with Crippen molar-refractivity contribution in [1.29, 1.82) is 0 Å². The summed E-state index contributed by atoms with van der Waals surface area (Å²) in [5.41, 5.74) is 0.267. The van der Waals surface area contributed by atoms with Crippen LogP contribution in [0.5, 0.6) is 0 Å². The summed E-state index contributed by atoms with van der Waals surface area (Å²) in [5.74, 6) is -0.362. The molecular weight excluding hydrogens is 373 g/mol. The van der Waals surface area contributed by atoms with Crippen LogP contribution in [0.25, 0.3) is 0 Å². The number of carbonyl (C=O) groups is 1. The molecule has 0 aliphatic carbocycles.